The molecule has 132 valence electrons. The Morgan fingerprint density at radius 3 is 2.52 bits per heavy atom. The molecule has 0 aliphatic heterocycles. The van der Waals surface area contributed by atoms with Gasteiger partial charge in [0.1, 0.15) is 5.82 Å². The molecule has 2 aromatic carbocycles. The molecule has 0 unspecified atom stereocenters. The van der Waals surface area contributed by atoms with Crippen molar-refractivity contribution in [3.8, 4) is 0 Å². The summed E-state index contributed by atoms with van der Waals surface area (Å²) >= 11 is 6.10. The van der Waals surface area contributed by atoms with E-state index in [4.69, 9.17) is 11.6 Å². The van der Waals surface area contributed by atoms with Crippen LogP contribution in [-0.2, 0) is 9.59 Å². The van der Waals surface area contributed by atoms with E-state index < -0.39 is 11.7 Å². The minimum Gasteiger partial charge on any atom is -0.375 e. The smallest absolute Gasteiger partial charge is 0.243 e. The molecule has 0 fully saturated rings. The van der Waals surface area contributed by atoms with Crippen LogP contribution in [0.2, 0.25) is 5.02 Å². The molecule has 0 saturated carbocycles. The van der Waals surface area contributed by atoms with Crippen LogP contribution in [0, 0.1) is 5.82 Å². The van der Waals surface area contributed by atoms with E-state index in [0.29, 0.717) is 22.8 Å². The first-order valence-corrected chi connectivity index (χ1v) is 8.25. The van der Waals surface area contributed by atoms with E-state index in [9.17, 15) is 14.0 Å². The predicted molar refractivity (Wildman–Crippen MR) is 98.5 cm³/mol. The quantitative estimate of drug-likeness (QED) is 0.688. The number of nitrogens with one attached hydrogen (secondary N) is 3. The molecule has 0 aromatic heterocycles. The lowest BCUT2D eigenvalue weighted by Gasteiger charge is -2.12. The van der Waals surface area contributed by atoms with Gasteiger partial charge in [-0.05, 0) is 36.8 Å². The first-order valence-electron chi connectivity index (χ1n) is 7.87. The first-order chi connectivity index (χ1) is 12.0. The minimum atomic E-state index is -0.505. The number of para-hydroxylation sites is 1. The van der Waals surface area contributed by atoms with E-state index in [-0.39, 0.29) is 18.1 Å². The first kappa shape index (κ1) is 18.7. The monoisotopic (exact) mass is 363 g/mol. The highest BCUT2D eigenvalue weighted by Crippen LogP contribution is 2.25. The van der Waals surface area contributed by atoms with Gasteiger partial charge in [-0.15, -0.1) is 0 Å². The highest BCUT2D eigenvalue weighted by Gasteiger charge is 2.09. The van der Waals surface area contributed by atoms with Crippen molar-refractivity contribution in [3.63, 3.8) is 0 Å². The number of rotatable bonds is 7. The van der Waals surface area contributed by atoms with Crippen LogP contribution in [-0.4, -0.2) is 18.4 Å². The van der Waals surface area contributed by atoms with Crippen molar-refractivity contribution in [2.75, 3.05) is 22.5 Å². The highest BCUT2D eigenvalue weighted by atomic mass is 35.5. The van der Waals surface area contributed by atoms with Gasteiger partial charge in [0.25, 0.3) is 0 Å². The summed E-state index contributed by atoms with van der Waals surface area (Å²) in [7, 11) is 0. The minimum absolute atomic E-state index is 0.0898. The molecular formula is C18H19ClFN3O2. The third-order valence-electron chi connectivity index (χ3n) is 3.31. The average molecular weight is 364 g/mol. The van der Waals surface area contributed by atoms with E-state index in [1.165, 1.54) is 12.1 Å². The number of carbonyl (C=O) groups is 2. The Balaban J connectivity index is 1.96. The molecule has 0 radical (unpaired) electrons. The van der Waals surface area contributed by atoms with Crippen molar-refractivity contribution in [2.45, 2.75) is 19.8 Å². The van der Waals surface area contributed by atoms with Gasteiger partial charge in [-0.25, -0.2) is 4.39 Å². The van der Waals surface area contributed by atoms with E-state index in [0.717, 1.165) is 6.42 Å². The number of hydrogen-bond acceptors (Lipinski definition) is 3. The number of amides is 2. The molecule has 0 heterocycles. The van der Waals surface area contributed by atoms with Gasteiger partial charge < -0.3 is 16.0 Å². The second-order valence-electron chi connectivity index (χ2n) is 5.37. The van der Waals surface area contributed by atoms with Crippen molar-refractivity contribution in [1.82, 2.24) is 0 Å². The summed E-state index contributed by atoms with van der Waals surface area (Å²) in [5, 5.41) is 8.52. The molecule has 0 saturated heterocycles. The van der Waals surface area contributed by atoms with Crippen molar-refractivity contribution in [3.05, 3.63) is 53.3 Å². The SMILES string of the molecule is CCCC(=O)Nc1ccc(Cl)c(NCC(=O)Nc2ccccc2F)c1. The summed E-state index contributed by atoms with van der Waals surface area (Å²) in [4.78, 5) is 23.6. The summed E-state index contributed by atoms with van der Waals surface area (Å²) in [5.41, 5.74) is 1.19. The second kappa shape index (κ2) is 9.03. The van der Waals surface area contributed by atoms with Gasteiger partial charge in [0.15, 0.2) is 0 Å². The van der Waals surface area contributed by atoms with E-state index >= 15 is 0 Å². The fourth-order valence-corrected chi connectivity index (χ4v) is 2.31. The molecule has 2 aromatic rings. The Morgan fingerprint density at radius 1 is 1.04 bits per heavy atom. The predicted octanol–water partition coefficient (Wildman–Crippen LogP) is 4.27. The van der Waals surface area contributed by atoms with E-state index in [1.807, 2.05) is 6.92 Å². The van der Waals surface area contributed by atoms with Gasteiger partial charge in [0.05, 0.1) is 22.9 Å². The normalized spacial score (nSPS) is 10.2. The maximum Gasteiger partial charge on any atom is 0.243 e. The zero-order valence-corrected chi connectivity index (χ0v) is 14.5. The zero-order chi connectivity index (χ0) is 18.2. The van der Waals surface area contributed by atoms with Crippen molar-refractivity contribution >= 4 is 40.5 Å². The topological polar surface area (TPSA) is 70.2 Å². The average Bonchev–Trinajstić information content (AvgIpc) is 2.57. The second-order valence-corrected chi connectivity index (χ2v) is 5.78. The molecule has 5 nitrogen and oxygen atoms in total. The summed E-state index contributed by atoms with van der Waals surface area (Å²) in [6.07, 6.45) is 1.18. The van der Waals surface area contributed by atoms with Crippen LogP contribution in [0.25, 0.3) is 0 Å². The van der Waals surface area contributed by atoms with Gasteiger partial charge >= 0.3 is 0 Å². The third kappa shape index (κ3) is 5.76. The van der Waals surface area contributed by atoms with Gasteiger partial charge in [0.2, 0.25) is 11.8 Å². The molecule has 2 rings (SSSR count). The van der Waals surface area contributed by atoms with E-state index in [2.05, 4.69) is 16.0 Å². The van der Waals surface area contributed by atoms with Crippen LogP contribution in [0.3, 0.4) is 0 Å². The lowest BCUT2D eigenvalue weighted by molar-refractivity contribution is -0.116. The lowest BCUT2D eigenvalue weighted by atomic mass is 10.2. The van der Waals surface area contributed by atoms with Crippen LogP contribution < -0.4 is 16.0 Å². The van der Waals surface area contributed by atoms with Crippen molar-refractivity contribution in [2.24, 2.45) is 0 Å². The van der Waals surface area contributed by atoms with Crippen molar-refractivity contribution < 1.29 is 14.0 Å². The number of benzene rings is 2. The molecule has 0 atom stereocenters. The fourth-order valence-electron chi connectivity index (χ4n) is 2.12. The molecule has 0 aliphatic carbocycles. The molecule has 7 heteroatoms. The number of anilines is 3. The van der Waals surface area contributed by atoms with E-state index in [1.54, 1.807) is 30.3 Å². The Bertz CT molecular complexity index is 768. The Kier molecular flexibility index (Phi) is 6.77. The van der Waals surface area contributed by atoms with Crippen LogP contribution in [0.4, 0.5) is 21.5 Å². The molecule has 3 N–H and O–H groups in total. The molecule has 0 aliphatic rings. The number of halogens is 2. The largest absolute Gasteiger partial charge is 0.375 e. The summed E-state index contributed by atoms with van der Waals surface area (Å²) in [5.74, 6) is -1.01. The summed E-state index contributed by atoms with van der Waals surface area (Å²) < 4.78 is 13.5. The zero-order valence-electron chi connectivity index (χ0n) is 13.7. The molecule has 25 heavy (non-hydrogen) atoms. The Labute approximate surface area is 150 Å². The Hall–Kier alpha value is -2.60. The lowest BCUT2D eigenvalue weighted by Crippen LogP contribution is -2.22. The number of carbonyl (C=O) groups excluding carboxylic acids is 2. The Morgan fingerprint density at radius 2 is 1.80 bits per heavy atom. The van der Waals surface area contributed by atoms with Crippen molar-refractivity contribution in [1.29, 1.82) is 0 Å². The van der Waals surface area contributed by atoms with Crippen LogP contribution >= 0.6 is 11.6 Å². The fraction of sp³-hybridized carbons (Fsp3) is 0.222. The van der Waals surface area contributed by atoms with Gasteiger partial charge in [-0.2, -0.15) is 0 Å². The molecular weight excluding hydrogens is 345 g/mol. The van der Waals surface area contributed by atoms with Crippen LogP contribution in [0.5, 0.6) is 0 Å². The standard InChI is InChI=1S/C18H19ClFN3O2/c1-2-5-17(24)22-12-8-9-13(19)16(10-12)21-11-18(25)23-15-7-4-3-6-14(15)20/h3-4,6-10,21H,2,5,11H2,1H3,(H,22,24)(H,23,25). The van der Waals surface area contributed by atoms with Gasteiger partial charge in [-0.1, -0.05) is 30.7 Å². The van der Waals surface area contributed by atoms with Gasteiger partial charge in [-0.3, -0.25) is 9.59 Å². The van der Waals surface area contributed by atoms with Crippen LogP contribution in [0.1, 0.15) is 19.8 Å². The number of hydrogen-bond donors (Lipinski definition) is 3. The van der Waals surface area contributed by atoms with Gasteiger partial charge in [0, 0.05) is 12.1 Å². The summed E-state index contributed by atoms with van der Waals surface area (Å²) in [6.45, 7) is 1.82. The van der Waals surface area contributed by atoms with Crippen LogP contribution in [0.15, 0.2) is 42.5 Å². The third-order valence-corrected chi connectivity index (χ3v) is 3.64. The molecule has 2 amide bonds. The maximum absolute atomic E-state index is 13.5. The summed E-state index contributed by atoms with van der Waals surface area (Å²) in [6, 6.07) is 10.9. The molecule has 0 spiro atoms. The molecule has 0 bridgehead atoms. The maximum atomic E-state index is 13.5. The highest BCUT2D eigenvalue weighted by molar-refractivity contribution is 6.33.